The molecule has 2 heteroatoms. The van der Waals surface area contributed by atoms with E-state index in [9.17, 15) is 0 Å². The fourth-order valence-corrected chi connectivity index (χ4v) is 0.723. The van der Waals surface area contributed by atoms with Gasteiger partial charge < -0.3 is 0 Å². The molecular weight excluding hydrogens is 136 g/mol. The summed E-state index contributed by atoms with van der Waals surface area (Å²) in [6.07, 6.45) is 7.53. The Hall–Kier alpha value is -1.05. The molecule has 0 spiro atoms. The highest BCUT2D eigenvalue weighted by atomic mass is 15.0. The van der Waals surface area contributed by atoms with Crippen molar-refractivity contribution in [1.82, 2.24) is 5.32 Å². The molecule has 0 atom stereocenters. The van der Waals surface area contributed by atoms with Gasteiger partial charge in [-0.2, -0.15) is 0 Å². The van der Waals surface area contributed by atoms with E-state index >= 15 is 0 Å². The van der Waals surface area contributed by atoms with E-state index in [1.807, 2.05) is 18.2 Å². The van der Waals surface area contributed by atoms with Crippen molar-refractivity contribution in [3.63, 3.8) is 0 Å². The zero-order chi connectivity index (χ0) is 8.10. The molecule has 0 saturated heterocycles. The lowest BCUT2D eigenvalue weighted by Gasteiger charge is -2.02. The van der Waals surface area contributed by atoms with Crippen molar-refractivity contribution < 1.29 is 0 Å². The van der Waals surface area contributed by atoms with Gasteiger partial charge in [-0.15, -0.1) is 0 Å². The van der Waals surface area contributed by atoms with Gasteiger partial charge in [-0.3, -0.25) is 4.99 Å². The molecule has 0 saturated carbocycles. The minimum Gasteiger partial charge on any atom is -0.267 e. The van der Waals surface area contributed by atoms with Crippen LogP contribution in [-0.4, -0.2) is 12.4 Å². The highest BCUT2D eigenvalue weighted by Gasteiger charge is 1.96. The van der Waals surface area contributed by atoms with Gasteiger partial charge in [-0.25, -0.2) is 5.32 Å². The fraction of sp³-hybridized carbons (Fsp3) is 0.444. The number of allylic oxidation sites excluding steroid dienone is 2. The Balaban J connectivity index is 2.41. The fourth-order valence-electron chi connectivity index (χ4n) is 0.723. The highest BCUT2D eigenvalue weighted by molar-refractivity contribution is 5.94. The highest BCUT2D eigenvalue weighted by Crippen LogP contribution is 1.95. The van der Waals surface area contributed by atoms with Crippen LogP contribution in [0.2, 0.25) is 0 Å². The summed E-state index contributed by atoms with van der Waals surface area (Å²) in [5.74, 6) is 1.44. The molecule has 0 aromatic rings. The summed E-state index contributed by atoms with van der Waals surface area (Å²) in [6.45, 7) is 5.15. The lowest BCUT2D eigenvalue weighted by Crippen LogP contribution is -2.10. The minimum absolute atomic E-state index is 0.608. The molecule has 1 aliphatic rings. The predicted molar refractivity (Wildman–Crippen MR) is 47.6 cm³/mol. The van der Waals surface area contributed by atoms with Crippen molar-refractivity contribution >= 4 is 5.84 Å². The van der Waals surface area contributed by atoms with Crippen LogP contribution < -0.4 is 5.32 Å². The lowest BCUT2D eigenvalue weighted by atomic mass is 10.2. The summed E-state index contributed by atoms with van der Waals surface area (Å²) in [7, 11) is 0. The maximum absolute atomic E-state index is 4.29. The maximum Gasteiger partial charge on any atom is 0.147 e. The third-order valence-corrected chi connectivity index (χ3v) is 1.27. The first-order chi connectivity index (χ1) is 5.29. The average molecular weight is 149 g/mol. The molecule has 59 valence electrons. The Morgan fingerprint density at radius 2 is 2.27 bits per heavy atom. The maximum atomic E-state index is 4.29. The zero-order valence-corrected chi connectivity index (χ0v) is 6.99. The van der Waals surface area contributed by atoms with E-state index in [2.05, 4.69) is 24.2 Å². The van der Waals surface area contributed by atoms with E-state index in [1.54, 1.807) is 6.20 Å². The molecule has 2 nitrogen and oxygen atoms in total. The molecule has 0 aromatic heterocycles. The van der Waals surface area contributed by atoms with Gasteiger partial charge in [0.25, 0.3) is 0 Å². The molecule has 0 aromatic carbocycles. The summed E-state index contributed by atoms with van der Waals surface area (Å²) in [6, 6.07) is 0. The lowest BCUT2D eigenvalue weighted by molar-refractivity contribution is 0.664. The number of aliphatic imine (C=N–C) groups is 1. The van der Waals surface area contributed by atoms with Crippen molar-refractivity contribution in [1.29, 1.82) is 0 Å². The molecule has 1 rings (SSSR count). The molecule has 1 radical (unpaired) electrons. The van der Waals surface area contributed by atoms with Crippen LogP contribution in [0.3, 0.4) is 0 Å². The van der Waals surface area contributed by atoms with Gasteiger partial charge in [0, 0.05) is 12.7 Å². The first-order valence-corrected chi connectivity index (χ1v) is 3.87. The normalized spacial score (nSPS) is 19.4. The molecule has 1 aliphatic heterocycles. The number of hydrogen-bond donors (Lipinski definition) is 0. The molecule has 0 bridgehead atoms. The molecule has 0 N–H and O–H groups in total. The van der Waals surface area contributed by atoms with Gasteiger partial charge in [-0.05, 0) is 18.1 Å². The second-order valence-corrected chi connectivity index (χ2v) is 2.92. The summed E-state index contributed by atoms with van der Waals surface area (Å²) >= 11 is 0. The van der Waals surface area contributed by atoms with E-state index in [0.717, 1.165) is 12.4 Å². The standard InChI is InChI=1S/C9H13N2/c1-8(2)7-11-9-5-3-4-6-10-9/h3-6,8H,7H2,1-2H3. The molecule has 0 unspecified atom stereocenters. The van der Waals surface area contributed by atoms with Crippen LogP contribution in [0.15, 0.2) is 29.4 Å². The largest absolute Gasteiger partial charge is 0.267 e. The van der Waals surface area contributed by atoms with E-state index < -0.39 is 0 Å². The Kier molecular flexibility index (Phi) is 2.90. The van der Waals surface area contributed by atoms with Crippen molar-refractivity contribution in [3.8, 4) is 0 Å². The predicted octanol–water partition coefficient (Wildman–Crippen LogP) is 1.73. The van der Waals surface area contributed by atoms with Gasteiger partial charge in [0.2, 0.25) is 0 Å². The Morgan fingerprint density at radius 3 is 2.82 bits per heavy atom. The van der Waals surface area contributed by atoms with Gasteiger partial charge in [-0.1, -0.05) is 19.9 Å². The molecule has 0 aliphatic carbocycles. The van der Waals surface area contributed by atoms with E-state index in [4.69, 9.17) is 0 Å². The van der Waals surface area contributed by atoms with Crippen LogP contribution >= 0.6 is 0 Å². The quantitative estimate of drug-likeness (QED) is 0.571. The number of nitrogens with zero attached hydrogens (tertiary/aromatic N) is 2. The number of rotatable bonds is 2. The molecule has 0 amide bonds. The zero-order valence-electron chi connectivity index (χ0n) is 6.99. The first kappa shape index (κ1) is 8.05. The van der Waals surface area contributed by atoms with Crippen LogP contribution in [0.5, 0.6) is 0 Å². The van der Waals surface area contributed by atoms with Gasteiger partial charge in [0.1, 0.15) is 5.84 Å². The molecule has 1 heterocycles. The summed E-state index contributed by atoms with van der Waals surface area (Å²) < 4.78 is 0. The molecule has 0 fully saturated rings. The third-order valence-electron chi connectivity index (χ3n) is 1.27. The second-order valence-electron chi connectivity index (χ2n) is 2.92. The number of amidine groups is 1. The van der Waals surface area contributed by atoms with Crippen molar-refractivity contribution in [2.75, 3.05) is 6.54 Å². The Morgan fingerprint density at radius 1 is 1.45 bits per heavy atom. The summed E-state index contributed by atoms with van der Waals surface area (Å²) in [5, 5.41) is 4.08. The Bertz CT molecular complexity index is 200. The van der Waals surface area contributed by atoms with Crippen molar-refractivity contribution in [2.45, 2.75) is 13.8 Å². The van der Waals surface area contributed by atoms with E-state index in [-0.39, 0.29) is 0 Å². The average Bonchev–Trinajstić information content (AvgIpc) is 2.03. The van der Waals surface area contributed by atoms with Crippen LogP contribution in [0.25, 0.3) is 0 Å². The SMILES string of the molecule is CC(C)CN=C1C=CC=C[N]1. The van der Waals surface area contributed by atoms with Crippen LogP contribution in [0.1, 0.15) is 13.8 Å². The third kappa shape index (κ3) is 3.03. The van der Waals surface area contributed by atoms with Gasteiger partial charge in [0.05, 0.1) is 0 Å². The first-order valence-electron chi connectivity index (χ1n) is 3.87. The van der Waals surface area contributed by atoms with Crippen LogP contribution in [0.4, 0.5) is 0 Å². The Labute approximate surface area is 67.7 Å². The monoisotopic (exact) mass is 149 g/mol. The second kappa shape index (κ2) is 3.96. The van der Waals surface area contributed by atoms with E-state index in [0.29, 0.717) is 5.92 Å². The summed E-state index contributed by atoms with van der Waals surface area (Å²) in [5.41, 5.74) is 0. The van der Waals surface area contributed by atoms with Gasteiger partial charge in [0.15, 0.2) is 0 Å². The van der Waals surface area contributed by atoms with Crippen LogP contribution in [0, 0.1) is 5.92 Å². The van der Waals surface area contributed by atoms with Crippen LogP contribution in [-0.2, 0) is 0 Å². The number of hydrogen-bond acceptors (Lipinski definition) is 1. The van der Waals surface area contributed by atoms with E-state index in [1.165, 1.54) is 0 Å². The molecular formula is C9H13N2. The van der Waals surface area contributed by atoms with Crippen molar-refractivity contribution in [3.05, 3.63) is 24.4 Å². The van der Waals surface area contributed by atoms with Gasteiger partial charge >= 0.3 is 0 Å². The topological polar surface area (TPSA) is 26.5 Å². The smallest absolute Gasteiger partial charge is 0.147 e. The van der Waals surface area contributed by atoms with Crippen molar-refractivity contribution in [2.24, 2.45) is 10.9 Å². The summed E-state index contributed by atoms with van der Waals surface area (Å²) in [4.78, 5) is 4.29. The minimum atomic E-state index is 0.608. The molecule has 11 heavy (non-hydrogen) atoms.